The highest BCUT2D eigenvalue weighted by molar-refractivity contribution is 5.97. The Labute approximate surface area is 180 Å². The van der Waals surface area contributed by atoms with E-state index in [0.717, 1.165) is 19.1 Å². The van der Waals surface area contributed by atoms with Gasteiger partial charge in [0.15, 0.2) is 5.60 Å². The van der Waals surface area contributed by atoms with Gasteiger partial charge in [0.05, 0.1) is 7.11 Å². The second-order valence-corrected chi connectivity index (χ2v) is 7.63. The van der Waals surface area contributed by atoms with Crippen molar-refractivity contribution in [3.8, 4) is 5.75 Å². The van der Waals surface area contributed by atoms with E-state index in [1.807, 2.05) is 0 Å². The van der Waals surface area contributed by atoms with Crippen LogP contribution in [-0.4, -0.2) is 41.8 Å². The molecule has 2 amide bonds. The topological polar surface area (TPSA) is 104 Å². The van der Waals surface area contributed by atoms with Gasteiger partial charge in [0.2, 0.25) is 0 Å². The van der Waals surface area contributed by atoms with Gasteiger partial charge in [0.25, 0.3) is 11.8 Å². The Kier molecular flexibility index (Phi) is 6.14. The molecule has 1 saturated heterocycles. The number of carbonyl (C=O) groups excluding carboxylic acids is 2. The summed E-state index contributed by atoms with van der Waals surface area (Å²) in [5, 5.41) is 2.44. The molecule has 0 saturated carbocycles. The van der Waals surface area contributed by atoms with Crippen LogP contribution in [0.25, 0.3) is 0 Å². The van der Waals surface area contributed by atoms with Gasteiger partial charge in [-0.25, -0.2) is 4.39 Å². The Hall–Kier alpha value is -3.21. The number of nitrogens with two attached hydrogens (primary N) is 1. The van der Waals surface area contributed by atoms with Crippen molar-refractivity contribution in [3.05, 3.63) is 53.6 Å². The van der Waals surface area contributed by atoms with Crippen LogP contribution in [0.4, 0.5) is 23.2 Å². The molecule has 2 aromatic rings. The molecule has 1 fully saturated rings. The van der Waals surface area contributed by atoms with Crippen molar-refractivity contribution in [1.29, 1.82) is 0 Å². The Balaban J connectivity index is 2.04. The van der Waals surface area contributed by atoms with E-state index < -0.39 is 47.3 Å². The molecule has 3 N–H and O–H groups in total. The highest BCUT2D eigenvalue weighted by atomic mass is 19.4. The molecule has 1 aliphatic heterocycles. The van der Waals surface area contributed by atoms with Crippen molar-refractivity contribution in [2.24, 2.45) is 11.7 Å². The number of nitrogens with zero attached hydrogens (tertiary/aromatic N) is 1. The third-order valence-corrected chi connectivity index (χ3v) is 5.76. The van der Waals surface area contributed by atoms with Crippen LogP contribution >= 0.6 is 0 Å². The van der Waals surface area contributed by atoms with Gasteiger partial charge in [-0.05, 0) is 25.1 Å². The van der Waals surface area contributed by atoms with E-state index in [2.05, 4.69) is 10.3 Å². The Morgan fingerprint density at radius 2 is 1.94 bits per heavy atom. The van der Waals surface area contributed by atoms with Crippen LogP contribution in [0.5, 0.6) is 5.75 Å². The van der Waals surface area contributed by atoms with E-state index >= 15 is 0 Å². The van der Waals surface area contributed by atoms with Gasteiger partial charge in [-0.15, -0.1) is 0 Å². The van der Waals surface area contributed by atoms with Crippen LogP contribution in [0, 0.1) is 11.7 Å². The maximum absolute atomic E-state index is 13.9. The maximum atomic E-state index is 13.9. The normalized spacial score (nSPS) is 25.4. The molecule has 0 aliphatic carbocycles. The molecule has 4 atom stereocenters. The number of amides is 2. The van der Waals surface area contributed by atoms with E-state index in [9.17, 15) is 27.2 Å². The maximum Gasteiger partial charge on any atom is 0.417 e. The molecule has 0 spiro atoms. The van der Waals surface area contributed by atoms with Gasteiger partial charge in [-0.1, -0.05) is 13.0 Å². The van der Waals surface area contributed by atoms with Crippen molar-refractivity contribution >= 4 is 17.5 Å². The smallest absolute Gasteiger partial charge is 0.417 e. The lowest BCUT2D eigenvalue weighted by Gasteiger charge is -2.32. The first kappa shape index (κ1) is 23.5. The second kappa shape index (κ2) is 8.38. The molecule has 0 bridgehead atoms. The molecular weight excluding hydrogens is 434 g/mol. The highest BCUT2D eigenvalue weighted by Gasteiger charge is 2.65. The molecule has 0 unspecified atom stereocenters. The minimum Gasteiger partial charge on any atom is -0.496 e. The fourth-order valence-corrected chi connectivity index (χ4v) is 3.84. The Bertz CT molecular complexity index is 1050. The number of hydrogen-bond acceptors (Lipinski definition) is 5. The SMILES string of the molecule is COc1cc(F)ccc1[C@H]1[C@@H](C(=O)Nc2ccnc(C(N)=O)c2)O[C@@](C)(C(F)(F)F)[C@@H]1C. The second-order valence-electron chi connectivity index (χ2n) is 7.63. The molecule has 1 aromatic carbocycles. The number of nitrogens with one attached hydrogen (secondary N) is 1. The number of rotatable bonds is 5. The number of alkyl halides is 3. The van der Waals surface area contributed by atoms with Gasteiger partial charge >= 0.3 is 6.18 Å². The molecular formula is C21H21F4N3O4. The number of hydrogen-bond donors (Lipinski definition) is 2. The number of primary amides is 1. The quantitative estimate of drug-likeness (QED) is 0.673. The minimum absolute atomic E-state index is 0.00500. The van der Waals surface area contributed by atoms with E-state index in [-0.39, 0.29) is 22.7 Å². The van der Waals surface area contributed by atoms with Crippen LogP contribution in [0.1, 0.15) is 35.8 Å². The number of carbonyl (C=O) groups is 2. The average molecular weight is 455 g/mol. The first-order valence-electron chi connectivity index (χ1n) is 9.53. The fourth-order valence-electron chi connectivity index (χ4n) is 3.84. The van der Waals surface area contributed by atoms with E-state index in [0.29, 0.717) is 0 Å². The summed E-state index contributed by atoms with van der Waals surface area (Å²) in [5.74, 6) is -4.72. The predicted octanol–water partition coefficient (Wildman–Crippen LogP) is 3.41. The molecule has 0 radical (unpaired) electrons. The first-order chi connectivity index (χ1) is 14.9. The van der Waals surface area contributed by atoms with Crippen molar-refractivity contribution in [2.45, 2.75) is 37.6 Å². The molecule has 1 aromatic heterocycles. The van der Waals surface area contributed by atoms with Gasteiger partial charge in [0, 0.05) is 35.3 Å². The molecule has 3 rings (SSSR count). The lowest BCUT2D eigenvalue weighted by atomic mass is 9.77. The van der Waals surface area contributed by atoms with Gasteiger partial charge in [-0.3, -0.25) is 14.6 Å². The van der Waals surface area contributed by atoms with Crippen molar-refractivity contribution in [1.82, 2.24) is 4.98 Å². The zero-order valence-corrected chi connectivity index (χ0v) is 17.4. The third-order valence-electron chi connectivity index (χ3n) is 5.76. The number of anilines is 1. The zero-order valence-electron chi connectivity index (χ0n) is 17.4. The largest absolute Gasteiger partial charge is 0.496 e. The molecule has 1 aliphatic rings. The summed E-state index contributed by atoms with van der Waals surface area (Å²) in [6.45, 7) is 2.18. The molecule has 172 valence electrons. The zero-order chi connectivity index (χ0) is 23.8. The fraction of sp³-hybridized carbons (Fsp3) is 0.381. The van der Waals surface area contributed by atoms with E-state index in [1.165, 1.54) is 38.4 Å². The number of ether oxygens (including phenoxy) is 2. The standard InChI is InChI=1S/C21H21F4N3O4/c1-10-16(13-5-4-11(22)8-15(13)31-3)17(32-20(10,2)21(23,24)25)19(30)28-12-6-7-27-14(9-12)18(26)29/h4-10,16-17H,1-3H3,(H2,26,29)(H,27,28,30)/t10-,16+,17+,20-/m1/s1. The van der Waals surface area contributed by atoms with Crippen LogP contribution < -0.4 is 15.8 Å². The summed E-state index contributed by atoms with van der Waals surface area (Å²) in [6.07, 6.45) is -5.17. The predicted molar refractivity (Wildman–Crippen MR) is 106 cm³/mol. The van der Waals surface area contributed by atoms with Gasteiger partial charge in [-0.2, -0.15) is 13.2 Å². The van der Waals surface area contributed by atoms with Crippen LogP contribution in [0.3, 0.4) is 0 Å². The van der Waals surface area contributed by atoms with Crippen molar-refractivity contribution < 1.29 is 36.6 Å². The number of methoxy groups -OCH3 is 1. The summed E-state index contributed by atoms with van der Waals surface area (Å²) in [7, 11) is 1.25. The van der Waals surface area contributed by atoms with E-state index in [1.54, 1.807) is 0 Å². The lowest BCUT2D eigenvalue weighted by Crippen LogP contribution is -2.47. The van der Waals surface area contributed by atoms with E-state index in [4.69, 9.17) is 15.2 Å². The molecule has 32 heavy (non-hydrogen) atoms. The van der Waals surface area contributed by atoms with Crippen LogP contribution in [0.2, 0.25) is 0 Å². The number of halogens is 4. The first-order valence-corrected chi connectivity index (χ1v) is 9.53. The monoisotopic (exact) mass is 455 g/mol. The number of aromatic nitrogens is 1. The Morgan fingerprint density at radius 3 is 2.53 bits per heavy atom. The lowest BCUT2D eigenvalue weighted by molar-refractivity contribution is -0.272. The summed E-state index contributed by atoms with van der Waals surface area (Å²) in [4.78, 5) is 28.1. The van der Waals surface area contributed by atoms with Gasteiger partial charge in [0.1, 0.15) is 23.4 Å². The average Bonchev–Trinajstić information content (AvgIpc) is 3.00. The molecule has 11 heteroatoms. The summed E-state index contributed by atoms with van der Waals surface area (Å²) < 4.78 is 66.0. The highest BCUT2D eigenvalue weighted by Crippen LogP contribution is 2.54. The number of benzene rings is 1. The van der Waals surface area contributed by atoms with Crippen LogP contribution in [-0.2, 0) is 9.53 Å². The van der Waals surface area contributed by atoms with Crippen LogP contribution in [0.15, 0.2) is 36.5 Å². The summed E-state index contributed by atoms with van der Waals surface area (Å²) >= 11 is 0. The van der Waals surface area contributed by atoms with Crippen molar-refractivity contribution in [2.75, 3.05) is 12.4 Å². The summed E-state index contributed by atoms with van der Waals surface area (Å²) in [5.41, 5.74) is 2.67. The summed E-state index contributed by atoms with van der Waals surface area (Å²) in [6, 6.07) is 5.92. The number of pyridine rings is 1. The molecule has 7 nitrogen and oxygen atoms in total. The molecule has 2 heterocycles. The van der Waals surface area contributed by atoms with Gasteiger partial charge < -0.3 is 20.5 Å². The minimum atomic E-state index is -4.79. The van der Waals surface area contributed by atoms with Crippen molar-refractivity contribution in [3.63, 3.8) is 0 Å². The Morgan fingerprint density at radius 1 is 1.25 bits per heavy atom. The third kappa shape index (κ3) is 4.12.